The number of carbonyl (C=O) groups is 1. The molecule has 0 radical (unpaired) electrons. The van der Waals surface area contributed by atoms with E-state index in [4.69, 9.17) is 9.57 Å². The molecular weight excluding hydrogens is 437 g/mol. The number of amides is 1. The first-order valence-corrected chi connectivity index (χ1v) is 11.5. The molecule has 33 heavy (non-hydrogen) atoms. The standard InChI is InChI=1S/C23H31F3N4O3/c1-13(23(24,25)26)32-18-10-17(27-12-16(18)15-6-5-7-15)19(31)28-22(4,11-14-8-9-14)20-29-21(2,3)33-30-20/h10,12-15H,5-9,11H2,1-4H3,(H,28,31)(H,29,30)/t13-,22?/m0/s1. The highest BCUT2D eigenvalue weighted by molar-refractivity contribution is 6.00. The molecule has 2 aliphatic carbocycles. The van der Waals surface area contributed by atoms with Crippen LogP contribution in [0.3, 0.4) is 0 Å². The summed E-state index contributed by atoms with van der Waals surface area (Å²) < 4.78 is 44.8. The molecule has 2 fully saturated rings. The molecule has 2 N–H and O–H groups in total. The van der Waals surface area contributed by atoms with Crippen molar-refractivity contribution in [2.24, 2.45) is 10.9 Å². The summed E-state index contributed by atoms with van der Waals surface area (Å²) in [5, 5.41) is 3.00. The maximum atomic E-state index is 13.2. The molecule has 1 aromatic heterocycles. The van der Waals surface area contributed by atoms with Crippen molar-refractivity contribution >= 4 is 11.7 Å². The van der Waals surface area contributed by atoms with Crippen molar-refractivity contribution in [3.63, 3.8) is 0 Å². The molecule has 10 heteroatoms. The number of pyridine rings is 1. The molecule has 4 rings (SSSR count). The van der Waals surface area contributed by atoms with E-state index >= 15 is 0 Å². The number of rotatable bonds is 8. The lowest BCUT2D eigenvalue weighted by atomic mass is 9.80. The van der Waals surface area contributed by atoms with Crippen LogP contribution >= 0.6 is 0 Å². The number of nitrogens with zero attached hydrogens (tertiary/aromatic N) is 2. The predicted octanol–water partition coefficient (Wildman–Crippen LogP) is 4.64. The number of aromatic nitrogens is 1. The van der Waals surface area contributed by atoms with Crippen LogP contribution in [0.4, 0.5) is 13.2 Å². The van der Waals surface area contributed by atoms with Gasteiger partial charge in [-0.3, -0.25) is 9.78 Å². The Balaban J connectivity index is 1.59. The summed E-state index contributed by atoms with van der Waals surface area (Å²) in [6.07, 6.45) is 0.529. The summed E-state index contributed by atoms with van der Waals surface area (Å²) in [5.41, 5.74) is 1.86. The highest BCUT2D eigenvalue weighted by Crippen LogP contribution is 2.42. The molecule has 1 aliphatic heterocycles. The zero-order valence-electron chi connectivity index (χ0n) is 19.4. The zero-order chi connectivity index (χ0) is 24.0. The Kier molecular flexibility index (Phi) is 6.09. The van der Waals surface area contributed by atoms with Crippen LogP contribution in [0.5, 0.6) is 5.75 Å². The summed E-state index contributed by atoms with van der Waals surface area (Å²) >= 11 is 0. The van der Waals surface area contributed by atoms with Crippen LogP contribution in [-0.2, 0) is 4.84 Å². The Bertz CT molecular complexity index is 941. The molecule has 2 atom stereocenters. The van der Waals surface area contributed by atoms with Gasteiger partial charge in [0.05, 0.1) is 5.54 Å². The van der Waals surface area contributed by atoms with Crippen LogP contribution in [-0.4, -0.2) is 40.3 Å². The molecule has 182 valence electrons. The highest BCUT2D eigenvalue weighted by atomic mass is 19.4. The number of ether oxygens (including phenoxy) is 1. The minimum absolute atomic E-state index is 0.00301. The number of hydrogen-bond acceptors (Lipinski definition) is 6. The molecule has 2 heterocycles. The largest absolute Gasteiger partial charge is 0.481 e. The molecule has 0 spiro atoms. The SMILES string of the molecule is C[C@H](Oc1cc(C(=O)NC(C)(CC2CC2)C2=NC(C)(C)ON2)ncc1C1CCC1)C(F)(F)F. The predicted molar refractivity (Wildman–Crippen MR) is 116 cm³/mol. The van der Waals surface area contributed by atoms with Crippen molar-refractivity contribution in [2.75, 3.05) is 0 Å². The fourth-order valence-corrected chi connectivity index (χ4v) is 4.10. The minimum atomic E-state index is -4.51. The van der Waals surface area contributed by atoms with Crippen molar-refractivity contribution < 1.29 is 27.5 Å². The fourth-order valence-electron chi connectivity index (χ4n) is 4.10. The van der Waals surface area contributed by atoms with Crippen molar-refractivity contribution in [1.29, 1.82) is 0 Å². The van der Waals surface area contributed by atoms with Gasteiger partial charge < -0.3 is 10.1 Å². The normalized spacial score (nSPS) is 23.1. The lowest BCUT2D eigenvalue weighted by Gasteiger charge is -2.31. The summed E-state index contributed by atoms with van der Waals surface area (Å²) in [6, 6.07) is 1.33. The number of halogens is 3. The second-order valence-corrected chi connectivity index (χ2v) is 10.1. The van der Waals surface area contributed by atoms with E-state index in [2.05, 4.69) is 20.8 Å². The minimum Gasteiger partial charge on any atom is -0.481 e. The van der Waals surface area contributed by atoms with Crippen LogP contribution in [0, 0.1) is 5.92 Å². The Morgan fingerprint density at radius 3 is 2.55 bits per heavy atom. The van der Waals surface area contributed by atoms with Gasteiger partial charge in [-0.05, 0) is 58.8 Å². The van der Waals surface area contributed by atoms with Crippen LogP contribution < -0.4 is 15.5 Å². The molecule has 1 aromatic rings. The molecule has 1 unspecified atom stereocenters. The van der Waals surface area contributed by atoms with Gasteiger partial charge in [0.15, 0.2) is 11.8 Å². The van der Waals surface area contributed by atoms with Crippen LogP contribution in [0.15, 0.2) is 17.3 Å². The third-order valence-corrected chi connectivity index (χ3v) is 6.52. The first-order chi connectivity index (χ1) is 15.4. The number of carbonyl (C=O) groups excluding carboxylic acids is 1. The summed E-state index contributed by atoms with van der Waals surface area (Å²) in [5.74, 6) is 0.637. The average molecular weight is 469 g/mol. The number of amidine groups is 1. The van der Waals surface area contributed by atoms with Gasteiger partial charge >= 0.3 is 6.18 Å². The second kappa shape index (κ2) is 8.45. The number of hydroxylamine groups is 1. The van der Waals surface area contributed by atoms with Crippen LogP contribution in [0.2, 0.25) is 0 Å². The zero-order valence-corrected chi connectivity index (χ0v) is 19.4. The van der Waals surface area contributed by atoms with Gasteiger partial charge in [0, 0.05) is 17.8 Å². The lowest BCUT2D eigenvalue weighted by Crippen LogP contribution is -2.56. The molecule has 0 aromatic carbocycles. The van der Waals surface area contributed by atoms with E-state index in [0.29, 0.717) is 23.7 Å². The van der Waals surface area contributed by atoms with Gasteiger partial charge in [0.1, 0.15) is 17.3 Å². The highest BCUT2D eigenvalue weighted by Gasteiger charge is 2.43. The van der Waals surface area contributed by atoms with Gasteiger partial charge in [0.25, 0.3) is 5.91 Å². The molecule has 3 aliphatic rings. The molecular formula is C23H31F3N4O3. The van der Waals surface area contributed by atoms with Crippen molar-refractivity contribution in [3.05, 3.63) is 23.5 Å². The van der Waals surface area contributed by atoms with Crippen molar-refractivity contribution in [3.8, 4) is 5.75 Å². The molecule has 1 amide bonds. The summed E-state index contributed by atoms with van der Waals surface area (Å²) in [6.45, 7) is 6.44. The molecule has 0 bridgehead atoms. The topological polar surface area (TPSA) is 84.8 Å². The van der Waals surface area contributed by atoms with Gasteiger partial charge in [-0.15, -0.1) is 0 Å². The molecule has 0 saturated heterocycles. The molecule has 7 nitrogen and oxygen atoms in total. The number of hydrogen-bond donors (Lipinski definition) is 2. The van der Waals surface area contributed by atoms with E-state index in [1.54, 1.807) is 13.8 Å². The van der Waals surface area contributed by atoms with Gasteiger partial charge in [-0.2, -0.15) is 13.2 Å². The Hall–Kier alpha value is -2.36. The summed E-state index contributed by atoms with van der Waals surface area (Å²) in [7, 11) is 0. The third-order valence-electron chi connectivity index (χ3n) is 6.52. The van der Waals surface area contributed by atoms with E-state index < -0.39 is 29.5 Å². The maximum absolute atomic E-state index is 13.2. The number of aliphatic imine (C=N–C) groups is 1. The number of alkyl halides is 3. The van der Waals surface area contributed by atoms with Crippen molar-refractivity contribution in [2.45, 2.75) is 95.7 Å². The number of nitrogens with one attached hydrogen (secondary N) is 2. The maximum Gasteiger partial charge on any atom is 0.425 e. The fraction of sp³-hybridized carbons (Fsp3) is 0.696. The quantitative estimate of drug-likeness (QED) is 0.581. The van der Waals surface area contributed by atoms with Gasteiger partial charge in [-0.25, -0.2) is 15.3 Å². The Labute approximate surface area is 191 Å². The van der Waals surface area contributed by atoms with Gasteiger partial charge in [0.2, 0.25) is 0 Å². The third kappa shape index (κ3) is 5.42. The van der Waals surface area contributed by atoms with E-state index in [1.165, 1.54) is 12.3 Å². The van der Waals surface area contributed by atoms with Crippen LogP contribution in [0.1, 0.15) is 88.2 Å². The van der Waals surface area contributed by atoms with E-state index in [0.717, 1.165) is 39.0 Å². The molecule has 2 saturated carbocycles. The van der Waals surface area contributed by atoms with Crippen LogP contribution in [0.25, 0.3) is 0 Å². The smallest absolute Gasteiger partial charge is 0.425 e. The lowest BCUT2D eigenvalue weighted by molar-refractivity contribution is -0.189. The second-order valence-electron chi connectivity index (χ2n) is 10.1. The van der Waals surface area contributed by atoms with E-state index in [9.17, 15) is 18.0 Å². The Morgan fingerprint density at radius 1 is 1.33 bits per heavy atom. The van der Waals surface area contributed by atoms with Crippen molar-refractivity contribution in [1.82, 2.24) is 15.8 Å². The van der Waals surface area contributed by atoms with E-state index in [-0.39, 0.29) is 17.4 Å². The van der Waals surface area contributed by atoms with Gasteiger partial charge in [-0.1, -0.05) is 19.3 Å². The first kappa shape index (κ1) is 23.8. The summed E-state index contributed by atoms with van der Waals surface area (Å²) in [4.78, 5) is 27.5. The first-order valence-electron chi connectivity index (χ1n) is 11.5. The monoisotopic (exact) mass is 468 g/mol. The average Bonchev–Trinajstić information content (AvgIpc) is 3.39. The van der Waals surface area contributed by atoms with E-state index in [1.807, 2.05) is 6.92 Å². The Morgan fingerprint density at radius 2 is 2.03 bits per heavy atom.